The van der Waals surface area contributed by atoms with Crippen LogP contribution in [0.4, 0.5) is 10.1 Å². The summed E-state index contributed by atoms with van der Waals surface area (Å²) in [6.45, 7) is 0. The van der Waals surface area contributed by atoms with Crippen LogP contribution in [0.25, 0.3) is 22.0 Å². The Labute approximate surface area is 166 Å². The van der Waals surface area contributed by atoms with Crippen molar-refractivity contribution in [2.45, 2.75) is 18.9 Å². The zero-order valence-electron chi connectivity index (χ0n) is 15.4. The number of aromatic nitrogens is 1. The van der Waals surface area contributed by atoms with E-state index in [-0.39, 0.29) is 5.82 Å². The van der Waals surface area contributed by atoms with E-state index in [0.29, 0.717) is 6.04 Å². The van der Waals surface area contributed by atoms with Crippen LogP contribution in [0.2, 0.25) is 0 Å². The summed E-state index contributed by atoms with van der Waals surface area (Å²) in [5.41, 5.74) is 3.14. The molecule has 0 saturated heterocycles. The van der Waals surface area contributed by atoms with Crippen LogP contribution in [-0.2, 0) is 0 Å². The Bertz CT molecular complexity index is 1220. The second-order valence-electron chi connectivity index (χ2n) is 7.02. The fourth-order valence-corrected chi connectivity index (χ4v) is 4.42. The van der Waals surface area contributed by atoms with Crippen LogP contribution in [0.3, 0.4) is 0 Å². The summed E-state index contributed by atoms with van der Waals surface area (Å²) in [4.78, 5) is 5.73. The third-order valence-corrected chi connectivity index (χ3v) is 5.89. The second kappa shape index (κ2) is 6.91. The van der Waals surface area contributed by atoms with Gasteiger partial charge in [0, 0.05) is 11.4 Å². The van der Waals surface area contributed by atoms with Crippen LogP contribution >= 0.6 is 11.3 Å². The molecule has 0 spiro atoms. The first-order chi connectivity index (χ1) is 13.7. The number of ether oxygens (including phenoxy) is 1. The van der Waals surface area contributed by atoms with Gasteiger partial charge >= 0.3 is 0 Å². The van der Waals surface area contributed by atoms with Gasteiger partial charge in [0.1, 0.15) is 11.6 Å². The highest BCUT2D eigenvalue weighted by Crippen LogP contribution is 2.38. The molecular weight excluding hydrogens is 371 g/mol. The Kier molecular flexibility index (Phi) is 4.24. The van der Waals surface area contributed by atoms with E-state index in [4.69, 9.17) is 9.73 Å². The van der Waals surface area contributed by atoms with Gasteiger partial charge in [-0.2, -0.15) is 0 Å². The third kappa shape index (κ3) is 3.22. The maximum Gasteiger partial charge on any atom is 0.190 e. The highest BCUT2D eigenvalue weighted by atomic mass is 32.1. The lowest BCUT2D eigenvalue weighted by atomic mass is 10.1. The summed E-state index contributed by atoms with van der Waals surface area (Å²) in [5.74, 6) is 0.623. The molecule has 1 saturated carbocycles. The van der Waals surface area contributed by atoms with Crippen molar-refractivity contribution in [3.05, 3.63) is 76.7 Å². The van der Waals surface area contributed by atoms with Crippen LogP contribution < -0.4 is 9.54 Å². The van der Waals surface area contributed by atoms with Crippen molar-refractivity contribution in [2.75, 3.05) is 7.11 Å². The average Bonchev–Trinajstić information content (AvgIpc) is 3.49. The Morgan fingerprint density at radius 1 is 1.00 bits per heavy atom. The van der Waals surface area contributed by atoms with Crippen LogP contribution in [-0.4, -0.2) is 11.7 Å². The lowest BCUT2D eigenvalue weighted by molar-refractivity contribution is 0.415. The molecule has 0 atom stereocenters. The number of hydrogen-bond donors (Lipinski definition) is 0. The molecule has 140 valence electrons. The number of nitrogens with zero attached hydrogens (tertiary/aromatic N) is 2. The Hall–Kier alpha value is -2.92. The smallest absolute Gasteiger partial charge is 0.190 e. The Morgan fingerprint density at radius 3 is 2.50 bits per heavy atom. The van der Waals surface area contributed by atoms with Gasteiger partial charge in [0.25, 0.3) is 0 Å². The number of thiazole rings is 1. The second-order valence-corrected chi connectivity index (χ2v) is 7.86. The maximum absolute atomic E-state index is 13.2. The van der Waals surface area contributed by atoms with Gasteiger partial charge in [0.05, 0.1) is 18.5 Å². The van der Waals surface area contributed by atoms with E-state index in [2.05, 4.69) is 40.3 Å². The van der Waals surface area contributed by atoms with Gasteiger partial charge in [0.15, 0.2) is 4.80 Å². The topological polar surface area (TPSA) is 26.5 Å². The predicted octanol–water partition coefficient (Wildman–Crippen LogP) is 6.08. The SMILES string of the molecule is COc1ccc2cc(-c3csc(=Nc4ccc(F)cc4)n3C3CC3)ccc2c1. The first kappa shape index (κ1) is 17.2. The maximum atomic E-state index is 13.2. The Morgan fingerprint density at radius 2 is 1.75 bits per heavy atom. The minimum absolute atomic E-state index is 0.242. The number of rotatable bonds is 4. The van der Waals surface area contributed by atoms with Crippen molar-refractivity contribution in [1.82, 2.24) is 4.57 Å². The molecule has 1 aromatic heterocycles. The normalized spacial score (nSPS) is 14.6. The zero-order valence-corrected chi connectivity index (χ0v) is 16.2. The van der Waals surface area contributed by atoms with E-state index in [9.17, 15) is 4.39 Å². The van der Waals surface area contributed by atoms with Crippen molar-refractivity contribution in [2.24, 2.45) is 4.99 Å². The molecular formula is C23H19FN2OS. The molecule has 4 aromatic rings. The molecule has 0 aliphatic heterocycles. The molecule has 0 bridgehead atoms. The number of halogens is 1. The lowest BCUT2D eigenvalue weighted by Gasteiger charge is -2.09. The predicted molar refractivity (Wildman–Crippen MR) is 112 cm³/mol. The molecule has 3 nitrogen and oxygen atoms in total. The van der Waals surface area contributed by atoms with Gasteiger partial charge in [-0.05, 0) is 71.6 Å². The van der Waals surface area contributed by atoms with Crippen LogP contribution in [0.15, 0.2) is 71.0 Å². The van der Waals surface area contributed by atoms with Gasteiger partial charge in [-0.15, -0.1) is 11.3 Å². The summed E-state index contributed by atoms with van der Waals surface area (Å²) in [6.07, 6.45) is 2.34. The summed E-state index contributed by atoms with van der Waals surface area (Å²) >= 11 is 1.63. The monoisotopic (exact) mass is 390 g/mol. The van der Waals surface area contributed by atoms with Crippen molar-refractivity contribution < 1.29 is 9.13 Å². The Balaban J connectivity index is 1.61. The molecule has 5 heteroatoms. The molecule has 3 aromatic carbocycles. The summed E-state index contributed by atoms with van der Waals surface area (Å²) < 4.78 is 20.8. The van der Waals surface area contributed by atoms with Crippen molar-refractivity contribution in [1.29, 1.82) is 0 Å². The summed E-state index contributed by atoms with van der Waals surface area (Å²) in [7, 11) is 1.69. The van der Waals surface area contributed by atoms with Gasteiger partial charge < -0.3 is 9.30 Å². The molecule has 0 unspecified atom stereocenters. The van der Waals surface area contributed by atoms with Crippen LogP contribution in [0, 0.1) is 5.82 Å². The molecule has 1 heterocycles. The summed E-state index contributed by atoms with van der Waals surface area (Å²) in [6, 6.07) is 19.5. The van der Waals surface area contributed by atoms with Gasteiger partial charge in [-0.25, -0.2) is 9.38 Å². The first-order valence-electron chi connectivity index (χ1n) is 9.30. The average molecular weight is 390 g/mol. The lowest BCUT2D eigenvalue weighted by Crippen LogP contribution is -2.14. The van der Waals surface area contributed by atoms with E-state index in [1.54, 1.807) is 30.6 Å². The highest BCUT2D eigenvalue weighted by molar-refractivity contribution is 7.07. The number of hydrogen-bond acceptors (Lipinski definition) is 3. The standard InChI is InChI=1S/C23H19FN2OS/c1-27-21-11-4-15-12-17(3-2-16(15)13-21)22-14-28-23(26(22)20-9-10-20)25-19-7-5-18(24)6-8-19/h2-8,11-14,20H,9-10H2,1H3. The van der Waals surface area contributed by atoms with Crippen molar-refractivity contribution >= 4 is 27.8 Å². The fraction of sp³-hybridized carbons (Fsp3) is 0.174. The van der Waals surface area contributed by atoms with E-state index in [1.807, 2.05) is 6.07 Å². The molecule has 1 aliphatic rings. The number of fused-ring (bicyclic) bond motifs is 1. The molecule has 0 N–H and O–H groups in total. The largest absolute Gasteiger partial charge is 0.497 e. The van der Waals surface area contributed by atoms with Gasteiger partial charge in [-0.1, -0.05) is 18.2 Å². The fourth-order valence-electron chi connectivity index (χ4n) is 3.43. The molecule has 0 radical (unpaired) electrons. The van der Waals surface area contributed by atoms with Crippen molar-refractivity contribution in [3.63, 3.8) is 0 Å². The zero-order chi connectivity index (χ0) is 19.1. The molecule has 1 aliphatic carbocycles. The summed E-state index contributed by atoms with van der Waals surface area (Å²) in [5, 5.41) is 4.52. The van der Waals surface area contributed by atoms with Crippen molar-refractivity contribution in [3.8, 4) is 17.0 Å². The molecule has 1 fully saturated rings. The number of methoxy groups -OCH3 is 1. The minimum Gasteiger partial charge on any atom is -0.497 e. The minimum atomic E-state index is -0.242. The first-order valence-corrected chi connectivity index (χ1v) is 10.2. The number of benzene rings is 3. The molecule has 0 amide bonds. The van der Waals surface area contributed by atoms with E-state index in [0.717, 1.165) is 21.6 Å². The highest BCUT2D eigenvalue weighted by Gasteiger charge is 2.27. The van der Waals surface area contributed by atoms with Crippen LogP contribution in [0.5, 0.6) is 5.75 Å². The van der Waals surface area contributed by atoms with Gasteiger partial charge in [-0.3, -0.25) is 0 Å². The van der Waals surface area contributed by atoms with Gasteiger partial charge in [0.2, 0.25) is 0 Å². The van der Waals surface area contributed by atoms with E-state index >= 15 is 0 Å². The quantitative estimate of drug-likeness (QED) is 0.414. The van der Waals surface area contributed by atoms with E-state index < -0.39 is 0 Å². The third-order valence-electron chi connectivity index (χ3n) is 5.05. The molecule has 28 heavy (non-hydrogen) atoms. The van der Waals surface area contributed by atoms with Crippen LogP contribution in [0.1, 0.15) is 18.9 Å². The molecule has 5 rings (SSSR count). The van der Waals surface area contributed by atoms with E-state index in [1.165, 1.54) is 41.6 Å².